The van der Waals surface area contributed by atoms with Gasteiger partial charge in [0.05, 0.1) is 17.0 Å². The number of thioether (sulfide) groups is 1. The SMILES string of the molecule is O=C(CSc1nnc(COc2ccccc2)n1-c1ccc(Cl)cc1)Nc1ccccc1C(F)(F)F. The molecule has 0 saturated heterocycles. The lowest BCUT2D eigenvalue weighted by atomic mass is 10.1. The van der Waals surface area contributed by atoms with E-state index < -0.39 is 17.6 Å². The highest BCUT2D eigenvalue weighted by atomic mass is 35.5. The van der Waals surface area contributed by atoms with E-state index in [0.717, 1.165) is 17.8 Å². The maximum absolute atomic E-state index is 13.2. The number of halogens is 4. The van der Waals surface area contributed by atoms with E-state index in [4.69, 9.17) is 16.3 Å². The van der Waals surface area contributed by atoms with E-state index in [-0.39, 0.29) is 18.0 Å². The minimum Gasteiger partial charge on any atom is -0.486 e. The summed E-state index contributed by atoms with van der Waals surface area (Å²) in [6.45, 7) is 0.103. The zero-order chi connectivity index (χ0) is 24.8. The van der Waals surface area contributed by atoms with Crippen molar-refractivity contribution in [3.8, 4) is 11.4 Å². The molecule has 4 rings (SSSR count). The van der Waals surface area contributed by atoms with Gasteiger partial charge in [0.25, 0.3) is 0 Å². The minimum absolute atomic E-state index is 0.103. The molecule has 0 fully saturated rings. The molecule has 0 radical (unpaired) electrons. The molecule has 0 aliphatic heterocycles. The third-order valence-corrected chi connectivity index (χ3v) is 5.92. The number of amides is 1. The van der Waals surface area contributed by atoms with Crippen molar-refractivity contribution in [3.05, 3.63) is 95.3 Å². The van der Waals surface area contributed by atoms with Gasteiger partial charge in [0.2, 0.25) is 5.91 Å². The molecule has 0 spiro atoms. The Labute approximate surface area is 208 Å². The Kier molecular flexibility index (Phi) is 7.62. The smallest absolute Gasteiger partial charge is 0.418 e. The van der Waals surface area contributed by atoms with Crippen LogP contribution >= 0.6 is 23.4 Å². The molecule has 0 atom stereocenters. The Morgan fingerprint density at radius 3 is 2.37 bits per heavy atom. The Bertz CT molecular complexity index is 1300. The minimum atomic E-state index is -4.58. The van der Waals surface area contributed by atoms with Gasteiger partial charge in [0, 0.05) is 10.7 Å². The number of carbonyl (C=O) groups is 1. The number of hydrogen-bond donors (Lipinski definition) is 1. The highest BCUT2D eigenvalue weighted by Crippen LogP contribution is 2.34. The van der Waals surface area contributed by atoms with Crippen molar-refractivity contribution in [2.75, 3.05) is 11.1 Å². The molecule has 1 aromatic heterocycles. The van der Waals surface area contributed by atoms with Crippen molar-refractivity contribution in [3.63, 3.8) is 0 Å². The average molecular weight is 519 g/mol. The summed E-state index contributed by atoms with van der Waals surface area (Å²) in [6.07, 6.45) is -4.58. The van der Waals surface area contributed by atoms with E-state index in [9.17, 15) is 18.0 Å². The lowest BCUT2D eigenvalue weighted by molar-refractivity contribution is -0.137. The summed E-state index contributed by atoms with van der Waals surface area (Å²) in [5, 5.41) is 11.6. The van der Waals surface area contributed by atoms with Crippen molar-refractivity contribution in [1.82, 2.24) is 14.8 Å². The summed E-state index contributed by atoms with van der Waals surface area (Å²) in [5.41, 5.74) is -0.527. The van der Waals surface area contributed by atoms with Gasteiger partial charge < -0.3 is 10.1 Å². The third kappa shape index (κ3) is 6.34. The van der Waals surface area contributed by atoms with Gasteiger partial charge in [0.1, 0.15) is 12.4 Å². The van der Waals surface area contributed by atoms with Crippen molar-refractivity contribution in [2.24, 2.45) is 0 Å². The van der Waals surface area contributed by atoms with Crippen LogP contribution in [0.25, 0.3) is 5.69 Å². The fourth-order valence-electron chi connectivity index (χ4n) is 3.16. The summed E-state index contributed by atoms with van der Waals surface area (Å²) in [6, 6.07) is 20.9. The molecule has 3 aromatic carbocycles. The van der Waals surface area contributed by atoms with Crippen LogP contribution < -0.4 is 10.1 Å². The molecule has 1 N–H and O–H groups in total. The van der Waals surface area contributed by atoms with Gasteiger partial charge in [0.15, 0.2) is 11.0 Å². The van der Waals surface area contributed by atoms with Gasteiger partial charge in [-0.05, 0) is 48.5 Å². The zero-order valence-electron chi connectivity index (χ0n) is 18.0. The number of para-hydroxylation sites is 2. The number of hydrogen-bond acceptors (Lipinski definition) is 5. The van der Waals surface area contributed by atoms with Crippen LogP contribution in [-0.2, 0) is 17.6 Å². The van der Waals surface area contributed by atoms with Gasteiger partial charge >= 0.3 is 6.18 Å². The van der Waals surface area contributed by atoms with Crippen molar-refractivity contribution in [2.45, 2.75) is 17.9 Å². The van der Waals surface area contributed by atoms with E-state index in [2.05, 4.69) is 15.5 Å². The van der Waals surface area contributed by atoms with Gasteiger partial charge in [-0.3, -0.25) is 9.36 Å². The molecule has 11 heteroatoms. The second-order valence-electron chi connectivity index (χ2n) is 7.19. The molecule has 180 valence electrons. The van der Waals surface area contributed by atoms with Crippen LogP contribution in [0.2, 0.25) is 5.02 Å². The number of nitrogens with one attached hydrogen (secondary N) is 1. The first-order valence-corrected chi connectivity index (χ1v) is 11.6. The van der Waals surface area contributed by atoms with Gasteiger partial charge in [-0.2, -0.15) is 13.2 Å². The molecule has 1 heterocycles. The fraction of sp³-hybridized carbons (Fsp3) is 0.125. The quantitative estimate of drug-likeness (QED) is 0.279. The first-order chi connectivity index (χ1) is 16.8. The Hall–Kier alpha value is -3.50. The summed E-state index contributed by atoms with van der Waals surface area (Å²) < 4.78 is 47.2. The van der Waals surface area contributed by atoms with Crippen molar-refractivity contribution in [1.29, 1.82) is 0 Å². The number of carbonyl (C=O) groups excluding carboxylic acids is 1. The molecule has 0 saturated carbocycles. The number of alkyl halides is 3. The fourth-order valence-corrected chi connectivity index (χ4v) is 4.05. The topological polar surface area (TPSA) is 69.0 Å². The largest absolute Gasteiger partial charge is 0.486 e. The van der Waals surface area contributed by atoms with E-state index in [1.807, 2.05) is 30.3 Å². The average Bonchev–Trinajstić information content (AvgIpc) is 3.25. The van der Waals surface area contributed by atoms with Crippen molar-refractivity contribution < 1.29 is 22.7 Å². The first-order valence-electron chi connectivity index (χ1n) is 10.3. The number of aromatic nitrogens is 3. The lowest BCUT2D eigenvalue weighted by Crippen LogP contribution is -2.18. The Morgan fingerprint density at radius 1 is 0.971 bits per heavy atom. The summed E-state index contributed by atoms with van der Waals surface area (Å²) in [7, 11) is 0. The highest BCUT2D eigenvalue weighted by Gasteiger charge is 2.33. The van der Waals surface area contributed by atoms with Gasteiger partial charge in [-0.25, -0.2) is 0 Å². The molecule has 35 heavy (non-hydrogen) atoms. The van der Waals surface area contributed by atoms with Crippen LogP contribution in [0.3, 0.4) is 0 Å². The van der Waals surface area contributed by atoms with E-state index in [1.165, 1.54) is 18.2 Å². The van der Waals surface area contributed by atoms with Crippen LogP contribution in [0.15, 0.2) is 84.0 Å². The van der Waals surface area contributed by atoms with E-state index in [0.29, 0.717) is 27.4 Å². The van der Waals surface area contributed by atoms with E-state index in [1.54, 1.807) is 28.8 Å². The molecule has 4 aromatic rings. The molecule has 6 nitrogen and oxygen atoms in total. The molecular formula is C24H18ClF3N4O2S. The normalized spacial score (nSPS) is 11.3. The van der Waals surface area contributed by atoms with E-state index >= 15 is 0 Å². The number of nitrogens with zero attached hydrogens (tertiary/aromatic N) is 3. The second-order valence-corrected chi connectivity index (χ2v) is 8.57. The molecule has 0 bridgehead atoms. The van der Waals surface area contributed by atoms with Gasteiger partial charge in [-0.15, -0.1) is 10.2 Å². The van der Waals surface area contributed by atoms with Crippen molar-refractivity contribution >= 4 is 35.0 Å². The van der Waals surface area contributed by atoms with Crippen LogP contribution in [0, 0.1) is 0 Å². The standard InChI is InChI=1S/C24H18ClF3N4O2S/c25-16-10-12-17(13-11-16)32-21(14-34-18-6-2-1-3-7-18)30-31-23(32)35-15-22(33)29-20-9-5-4-8-19(20)24(26,27)28/h1-13H,14-15H2,(H,29,33). The van der Waals surface area contributed by atoms with Crippen LogP contribution in [0.5, 0.6) is 5.75 Å². The number of ether oxygens (including phenoxy) is 1. The maximum Gasteiger partial charge on any atom is 0.418 e. The molecule has 0 aliphatic rings. The summed E-state index contributed by atoms with van der Waals surface area (Å²) in [4.78, 5) is 12.5. The van der Waals surface area contributed by atoms with Crippen LogP contribution in [0.1, 0.15) is 11.4 Å². The second kappa shape index (κ2) is 10.8. The molecule has 0 aliphatic carbocycles. The first kappa shape index (κ1) is 24.6. The Balaban J connectivity index is 1.52. The number of benzene rings is 3. The summed E-state index contributed by atoms with van der Waals surface area (Å²) in [5.74, 6) is 0.327. The summed E-state index contributed by atoms with van der Waals surface area (Å²) >= 11 is 7.05. The monoisotopic (exact) mass is 518 g/mol. The number of rotatable bonds is 8. The maximum atomic E-state index is 13.2. The molecular weight excluding hydrogens is 501 g/mol. The third-order valence-electron chi connectivity index (χ3n) is 4.74. The van der Waals surface area contributed by atoms with Crippen LogP contribution in [0.4, 0.5) is 18.9 Å². The van der Waals surface area contributed by atoms with Gasteiger partial charge in [-0.1, -0.05) is 53.7 Å². The molecule has 1 amide bonds. The highest BCUT2D eigenvalue weighted by molar-refractivity contribution is 7.99. The predicted molar refractivity (Wildman–Crippen MR) is 128 cm³/mol. The molecule has 0 unspecified atom stereocenters. The predicted octanol–water partition coefficient (Wildman–Crippen LogP) is 6.25. The van der Waals surface area contributed by atoms with Crippen LogP contribution in [-0.4, -0.2) is 26.4 Å². The zero-order valence-corrected chi connectivity index (χ0v) is 19.6. The Morgan fingerprint density at radius 2 is 1.66 bits per heavy atom. The number of anilines is 1. The lowest BCUT2D eigenvalue weighted by Gasteiger charge is -2.14.